The number of amidine groups is 1. The Morgan fingerprint density at radius 1 is 1.12 bits per heavy atom. The number of carbonyl (C=O) groups is 3. The van der Waals surface area contributed by atoms with Crippen LogP contribution in [0.1, 0.15) is 69.8 Å². The monoisotopic (exact) mass is 465 g/mol. The zero-order valence-corrected chi connectivity index (χ0v) is 18.8. The number of aliphatic hydroxyl groups is 2. The molecule has 3 aliphatic rings. The zero-order valence-electron chi connectivity index (χ0n) is 18.8. The molecule has 2 unspecified atom stereocenters. The van der Waals surface area contributed by atoms with E-state index >= 15 is 0 Å². The highest BCUT2D eigenvalue weighted by Gasteiger charge is 2.42. The van der Waals surface area contributed by atoms with Crippen LogP contribution in [0.25, 0.3) is 0 Å². The number of aromatic nitrogens is 2. The van der Waals surface area contributed by atoms with Crippen molar-refractivity contribution in [1.29, 1.82) is 0 Å². The number of H-pyrrole nitrogens is 1. The van der Waals surface area contributed by atoms with Gasteiger partial charge in [0.25, 0.3) is 0 Å². The fraction of sp³-hybridized carbons (Fsp3) is 0.667. The van der Waals surface area contributed by atoms with Crippen LogP contribution in [0, 0.1) is 0 Å². The molecule has 1 aliphatic carbocycles. The number of aliphatic carboxylic acids is 2. The number of anilines is 1. The zero-order chi connectivity index (χ0) is 24.3. The van der Waals surface area contributed by atoms with Gasteiger partial charge in [-0.3, -0.25) is 14.8 Å². The third kappa shape index (κ3) is 5.01. The van der Waals surface area contributed by atoms with Gasteiger partial charge in [-0.1, -0.05) is 26.7 Å². The van der Waals surface area contributed by atoms with Crippen LogP contribution in [0.15, 0.2) is 4.99 Å². The molecule has 33 heavy (non-hydrogen) atoms. The van der Waals surface area contributed by atoms with Gasteiger partial charge in [-0.15, -0.1) is 0 Å². The molecular weight excluding hydrogens is 434 g/mol. The van der Waals surface area contributed by atoms with Crippen LogP contribution in [-0.2, 0) is 9.59 Å². The first-order chi connectivity index (χ1) is 15.7. The van der Waals surface area contributed by atoms with Crippen molar-refractivity contribution in [1.82, 2.24) is 14.9 Å². The first kappa shape index (κ1) is 24.6. The lowest BCUT2D eigenvalue weighted by molar-refractivity contribution is -0.165. The Morgan fingerprint density at radius 3 is 2.24 bits per heavy atom. The van der Waals surface area contributed by atoms with E-state index in [4.69, 9.17) is 30.4 Å². The summed E-state index contributed by atoms with van der Waals surface area (Å²) in [6.07, 6.45) is 2.30. The number of aliphatic hydroxyl groups excluding tert-OH is 2. The molecule has 4 rings (SSSR count). The fourth-order valence-electron chi connectivity index (χ4n) is 4.23. The Balaban J connectivity index is 0.000000262. The van der Waals surface area contributed by atoms with E-state index in [2.05, 4.69) is 18.8 Å². The number of urea groups is 1. The molecule has 0 saturated heterocycles. The molecule has 182 valence electrons. The Kier molecular flexibility index (Phi) is 7.69. The molecule has 2 aliphatic heterocycles. The van der Waals surface area contributed by atoms with Crippen molar-refractivity contribution in [2.45, 2.75) is 76.5 Å². The lowest BCUT2D eigenvalue weighted by Crippen LogP contribution is -2.50. The molecule has 0 bridgehead atoms. The Labute approximate surface area is 190 Å². The number of fused-ring (bicyclic) bond motifs is 3. The number of nitrogens with one attached hydrogen (secondary N) is 1. The minimum absolute atomic E-state index is 0.0403. The molecule has 12 heteroatoms. The molecule has 2 amide bonds. The normalized spacial score (nSPS) is 21.6. The summed E-state index contributed by atoms with van der Waals surface area (Å²) in [6, 6.07) is 0.250. The minimum atomic E-state index is -2.27. The van der Waals surface area contributed by atoms with E-state index in [0.717, 1.165) is 36.0 Å². The maximum atomic E-state index is 12.9. The molecular formula is C21H31N5O7. The van der Waals surface area contributed by atoms with Gasteiger partial charge in [-0.2, -0.15) is 0 Å². The van der Waals surface area contributed by atoms with Gasteiger partial charge in [0.1, 0.15) is 11.5 Å². The SMILES string of the molecule is CCCN1C(=O)N2C[C@H](CC)N=C2c2[nH]c(C3CCCC3)nc21.O=C(O)C(O)C(O)C(=O)O. The van der Waals surface area contributed by atoms with Crippen LogP contribution < -0.4 is 4.90 Å². The van der Waals surface area contributed by atoms with Gasteiger partial charge in [0.05, 0.1) is 12.6 Å². The standard InChI is InChI=1S/C17H25N5O.C4H6O6/c1-3-9-21-16-13(19-14(20-16)11-7-5-6-8-11)15-18-12(4-2)10-22(15)17(21)23;5-1(3(7)8)2(6)4(9)10/h11-12H,3-10H2,1-2H3,(H,19,20);1-2,5-6H,(H,7,8)(H,9,10)/t12-;/m0./s1. The minimum Gasteiger partial charge on any atom is -0.479 e. The van der Waals surface area contributed by atoms with Crippen LogP contribution in [0.4, 0.5) is 10.6 Å². The summed E-state index contributed by atoms with van der Waals surface area (Å²) < 4.78 is 0. The highest BCUT2D eigenvalue weighted by molar-refractivity contribution is 6.18. The lowest BCUT2D eigenvalue weighted by Gasteiger charge is -2.32. The van der Waals surface area contributed by atoms with Crippen LogP contribution in [-0.4, -0.2) is 90.4 Å². The summed E-state index contributed by atoms with van der Waals surface area (Å²) in [7, 11) is 0. The third-order valence-electron chi connectivity index (χ3n) is 6.06. The average Bonchev–Trinajstić information content (AvgIpc) is 3.54. The molecule has 3 atom stereocenters. The summed E-state index contributed by atoms with van der Waals surface area (Å²) in [5.41, 5.74) is 0.955. The number of aliphatic imine (C=N–C) groups is 1. The van der Waals surface area contributed by atoms with E-state index < -0.39 is 24.1 Å². The van der Waals surface area contributed by atoms with Gasteiger partial charge in [-0.25, -0.2) is 19.4 Å². The molecule has 5 N–H and O–H groups in total. The van der Waals surface area contributed by atoms with Crippen molar-refractivity contribution in [3.05, 3.63) is 11.5 Å². The van der Waals surface area contributed by atoms with Crippen LogP contribution in [0.3, 0.4) is 0 Å². The van der Waals surface area contributed by atoms with E-state index in [0.29, 0.717) is 19.0 Å². The average molecular weight is 466 g/mol. The molecule has 12 nitrogen and oxygen atoms in total. The summed E-state index contributed by atoms with van der Waals surface area (Å²) in [6.45, 7) is 5.63. The first-order valence-electron chi connectivity index (χ1n) is 11.3. The molecule has 1 fully saturated rings. The lowest BCUT2D eigenvalue weighted by atomic mass is 10.1. The van der Waals surface area contributed by atoms with E-state index in [1.165, 1.54) is 25.7 Å². The predicted octanol–water partition coefficient (Wildman–Crippen LogP) is 1.14. The fourth-order valence-corrected chi connectivity index (χ4v) is 4.23. The van der Waals surface area contributed by atoms with Gasteiger partial charge in [0.2, 0.25) is 0 Å². The Hall–Kier alpha value is -2.99. The van der Waals surface area contributed by atoms with E-state index in [9.17, 15) is 14.4 Å². The van der Waals surface area contributed by atoms with Crippen molar-refractivity contribution in [3.8, 4) is 0 Å². The van der Waals surface area contributed by atoms with Crippen molar-refractivity contribution in [2.75, 3.05) is 18.0 Å². The summed E-state index contributed by atoms with van der Waals surface area (Å²) in [4.78, 5) is 49.2. The van der Waals surface area contributed by atoms with Crippen molar-refractivity contribution < 1.29 is 34.8 Å². The van der Waals surface area contributed by atoms with E-state index in [-0.39, 0.29) is 12.1 Å². The van der Waals surface area contributed by atoms with Crippen LogP contribution in [0.5, 0.6) is 0 Å². The summed E-state index contributed by atoms with van der Waals surface area (Å²) in [5.74, 6) is -0.376. The van der Waals surface area contributed by atoms with Gasteiger partial charge < -0.3 is 25.4 Å². The maximum absolute atomic E-state index is 12.9. The number of amides is 2. The number of hydrogen-bond acceptors (Lipinski definition) is 7. The van der Waals surface area contributed by atoms with Crippen molar-refractivity contribution in [3.63, 3.8) is 0 Å². The molecule has 0 radical (unpaired) electrons. The smallest absolute Gasteiger partial charge is 0.335 e. The second-order valence-corrected chi connectivity index (χ2v) is 8.43. The highest BCUT2D eigenvalue weighted by Crippen LogP contribution is 2.37. The molecule has 0 aromatic carbocycles. The van der Waals surface area contributed by atoms with Crippen molar-refractivity contribution in [2.24, 2.45) is 4.99 Å². The maximum Gasteiger partial charge on any atom is 0.335 e. The number of aromatic amines is 1. The largest absolute Gasteiger partial charge is 0.479 e. The molecule has 0 spiro atoms. The predicted molar refractivity (Wildman–Crippen MR) is 117 cm³/mol. The first-order valence-corrected chi connectivity index (χ1v) is 11.3. The molecule has 1 saturated carbocycles. The summed E-state index contributed by atoms with van der Waals surface area (Å²) >= 11 is 0. The number of imidazole rings is 1. The molecule has 3 heterocycles. The van der Waals surface area contributed by atoms with Crippen LogP contribution in [0.2, 0.25) is 0 Å². The number of carboxylic acids is 2. The molecule has 1 aromatic rings. The quantitative estimate of drug-likeness (QED) is 0.397. The van der Waals surface area contributed by atoms with Crippen LogP contribution >= 0.6 is 0 Å². The molecule has 1 aromatic heterocycles. The number of carboxylic acid groups (broad SMARTS) is 2. The van der Waals surface area contributed by atoms with E-state index in [1.54, 1.807) is 0 Å². The number of nitrogens with zero attached hydrogens (tertiary/aromatic N) is 4. The van der Waals surface area contributed by atoms with Gasteiger partial charge in [0.15, 0.2) is 23.9 Å². The van der Waals surface area contributed by atoms with Gasteiger partial charge in [-0.05, 0) is 25.7 Å². The Morgan fingerprint density at radius 2 is 1.73 bits per heavy atom. The topological polar surface area (TPSA) is 180 Å². The summed E-state index contributed by atoms with van der Waals surface area (Å²) in [5, 5.41) is 32.5. The second kappa shape index (κ2) is 10.3. The second-order valence-electron chi connectivity index (χ2n) is 8.43. The van der Waals surface area contributed by atoms with E-state index in [1.807, 2.05) is 9.80 Å². The van der Waals surface area contributed by atoms with Gasteiger partial charge in [0, 0.05) is 12.5 Å². The van der Waals surface area contributed by atoms with Crippen molar-refractivity contribution >= 4 is 29.6 Å². The van der Waals surface area contributed by atoms with Gasteiger partial charge >= 0.3 is 18.0 Å². The third-order valence-corrected chi connectivity index (χ3v) is 6.06. The number of carbonyl (C=O) groups excluding carboxylic acids is 1. The highest BCUT2D eigenvalue weighted by atomic mass is 16.4. The number of rotatable bonds is 7. The number of hydrogen-bond donors (Lipinski definition) is 5. The Bertz CT molecular complexity index is 906.